The Morgan fingerprint density at radius 1 is 1.50 bits per heavy atom. The molecule has 0 saturated heterocycles. The predicted octanol–water partition coefficient (Wildman–Crippen LogP) is 2.33. The molecular weight excluding hydrogens is 200 g/mol. The van der Waals surface area contributed by atoms with E-state index >= 15 is 0 Å². The minimum atomic E-state index is 0.199. The zero-order chi connectivity index (χ0) is 12.2. The monoisotopic (exact) mass is 224 g/mol. The Morgan fingerprint density at radius 2 is 2.19 bits per heavy atom. The minimum Gasteiger partial charge on any atom is -0.377 e. The highest BCUT2D eigenvalue weighted by molar-refractivity contribution is 5.02. The first-order valence-corrected chi connectivity index (χ1v) is 6.20. The number of hydrogen-bond donors (Lipinski definition) is 1. The first-order chi connectivity index (χ1) is 7.48. The van der Waals surface area contributed by atoms with Crippen molar-refractivity contribution in [3.05, 3.63) is 0 Å². The lowest BCUT2D eigenvalue weighted by molar-refractivity contribution is -0.123. The Hall–Kier alpha value is -0.590. The van der Waals surface area contributed by atoms with Crippen molar-refractivity contribution in [2.24, 2.45) is 11.3 Å². The van der Waals surface area contributed by atoms with Crippen molar-refractivity contribution < 1.29 is 4.74 Å². The number of nitriles is 1. The summed E-state index contributed by atoms with van der Waals surface area (Å²) in [5, 5.41) is 11.9. The maximum absolute atomic E-state index is 8.48. The summed E-state index contributed by atoms with van der Waals surface area (Å²) in [6.45, 7) is 10.5. The van der Waals surface area contributed by atoms with Gasteiger partial charge >= 0.3 is 0 Å². The minimum absolute atomic E-state index is 0.199. The van der Waals surface area contributed by atoms with Crippen LogP contribution in [0, 0.1) is 22.7 Å². The fraction of sp³-hybridized carbons (Fsp3) is 0.923. The summed E-state index contributed by atoms with van der Waals surface area (Å²) in [6, 6.07) is 2.65. The van der Waals surface area contributed by atoms with Gasteiger partial charge in [0.25, 0.3) is 0 Å². The lowest BCUT2D eigenvalue weighted by Gasteiger charge is -2.52. The van der Waals surface area contributed by atoms with Crippen molar-refractivity contribution in [3.8, 4) is 6.07 Å². The van der Waals surface area contributed by atoms with E-state index in [2.05, 4.69) is 39.1 Å². The second kappa shape index (κ2) is 5.65. The number of nitrogens with one attached hydrogen (secondary N) is 1. The van der Waals surface area contributed by atoms with Crippen LogP contribution in [0.4, 0.5) is 0 Å². The number of nitrogens with zero attached hydrogens (tertiary/aromatic N) is 1. The lowest BCUT2D eigenvalue weighted by atomic mass is 9.64. The molecule has 0 heterocycles. The van der Waals surface area contributed by atoms with Gasteiger partial charge in [-0.3, -0.25) is 0 Å². The van der Waals surface area contributed by atoms with Crippen LogP contribution in [0.5, 0.6) is 0 Å². The van der Waals surface area contributed by atoms with E-state index in [1.807, 2.05) is 0 Å². The van der Waals surface area contributed by atoms with Gasteiger partial charge in [0.2, 0.25) is 0 Å². The van der Waals surface area contributed by atoms with Crippen LogP contribution in [0.2, 0.25) is 0 Å². The molecule has 0 amide bonds. The molecule has 0 spiro atoms. The molecule has 0 aromatic carbocycles. The third-order valence-corrected chi connectivity index (χ3v) is 3.44. The summed E-state index contributed by atoms with van der Waals surface area (Å²) in [5.74, 6) is 0.599. The Balaban J connectivity index is 2.27. The fourth-order valence-electron chi connectivity index (χ4n) is 2.13. The summed E-state index contributed by atoms with van der Waals surface area (Å²) < 4.78 is 5.89. The first kappa shape index (κ1) is 13.5. The highest BCUT2D eigenvalue weighted by Gasteiger charge is 2.48. The van der Waals surface area contributed by atoms with Gasteiger partial charge in [-0.25, -0.2) is 0 Å². The standard InChI is InChI=1S/C13H24N2O/c1-10(2)9-16-12-8-11(13(12,3)4)15-7-5-6-14/h10-12,15H,5,7-9H2,1-4H3. The van der Waals surface area contributed by atoms with Gasteiger partial charge in [0, 0.05) is 31.0 Å². The smallest absolute Gasteiger partial charge is 0.0656 e. The molecule has 1 N–H and O–H groups in total. The lowest BCUT2D eigenvalue weighted by Crippen LogP contribution is -2.61. The molecule has 0 aromatic rings. The Kier molecular flexibility index (Phi) is 4.76. The Labute approximate surface area is 99.2 Å². The van der Waals surface area contributed by atoms with E-state index in [1.165, 1.54) is 0 Å². The van der Waals surface area contributed by atoms with Crippen LogP contribution in [0.25, 0.3) is 0 Å². The maximum atomic E-state index is 8.48. The average Bonchev–Trinajstić information content (AvgIpc) is 2.20. The molecule has 2 atom stereocenters. The largest absolute Gasteiger partial charge is 0.377 e. The van der Waals surface area contributed by atoms with Crippen molar-refractivity contribution in [2.45, 2.75) is 52.7 Å². The van der Waals surface area contributed by atoms with E-state index in [-0.39, 0.29) is 5.41 Å². The molecule has 92 valence electrons. The molecule has 3 heteroatoms. The molecule has 2 unspecified atom stereocenters. The van der Waals surface area contributed by atoms with Crippen LogP contribution in [0.1, 0.15) is 40.5 Å². The van der Waals surface area contributed by atoms with Crippen LogP contribution in [0.15, 0.2) is 0 Å². The molecule has 1 aliphatic rings. The molecule has 1 aliphatic carbocycles. The van der Waals surface area contributed by atoms with Crippen molar-refractivity contribution >= 4 is 0 Å². The topological polar surface area (TPSA) is 45.0 Å². The van der Waals surface area contributed by atoms with Crippen molar-refractivity contribution in [2.75, 3.05) is 13.2 Å². The molecule has 1 fully saturated rings. The maximum Gasteiger partial charge on any atom is 0.0656 e. The van der Waals surface area contributed by atoms with Crippen molar-refractivity contribution in [3.63, 3.8) is 0 Å². The molecule has 16 heavy (non-hydrogen) atoms. The second-order valence-corrected chi connectivity index (χ2v) is 5.69. The zero-order valence-electron chi connectivity index (χ0n) is 10.9. The van der Waals surface area contributed by atoms with Crippen LogP contribution in [-0.4, -0.2) is 25.3 Å². The van der Waals surface area contributed by atoms with E-state index in [0.29, 0.717) is 24.5 Å². The summed E-state index contributed by atoms with van der Waals surface area (Å²) in [7, 11) is 0. The third kappa shape index (κ3) is 3.20. The molecule has 0 bridgehead atoms. The predicted molar refractivity (Wildman–Crippen MR) is 65.0 cm³/mol. The highest BCUT2D eigenvalue weighted by atomic mass is 16.5. The van der Waals surface area contributed by atoms with Gasteiger partial charge in [0.1, 0.15) is 0 Å². The third-order valence-electron chi connectivity index (χ3n) is 3.44. The van der Waals surface area contributed by atoms with Gasteiger partial charge in [-0.1, -0.05) is 27.7 Å². The van der Waals surface area contributed by atoms with E-state index in [0.717, 1.165) is 19.6 Å². The molecule has 3 nitrogen and oxygen atoms in total. The molecular formula is C13H24N2O. The fourth-order valence-corrected chi connectivity index (χ4v) is 2.13. The summed E-state index contributed by atoms with van der Waals surface area (Å²) in [5.41, 5.74) is 0.199. The van der Waals surface area contributed by atoms with Gasteiger partial charge in [0.05, 0.1) is 12.2 Å². The van der Waals surface area contributed by atoms with Gasteiger partial charge in [0.15, 0.2) is 0 Å². The average molecular weight is 224 g/mol. The van der Waals surface area contributed by atoms with Gasteiger partial charge < -0.3 is 10.1 Å². The SMILES string of the molecule is CC(C)COC1CC(NCCC#N)C1(C)C. The van der Waals surface area contributed by atoms with Crippen LogP contribution >= 0.6 is 0 Å². The molecule has 0 aromatic heterocycles. The molecule has 0 aliphatic heterocycles. The van der Waals surface area contributed by atoms with Crippen LogP contribution < -0.4 is 5.32 Å². The molecule has 0 radical (unpaired) electrons. The zero-order valence-corrected chi connectivity index (χ0v) is 10.9. The highest BCUT2D eigenvalue weighted by Crippen LogP contribution is 2.42. The quantitative estimate of drug-likeness (QED) is 0.704. The number of hydrogen-bond acceptors (Lipinski definition) is 3. The molecule has 1 saturated carbocycles. The van der Waals surface area contributed by atoms with Gasteiger partial charge in [-0.05, 0) is 12.3 Å². The van der Waals surface area contributed by atoms with Crippen molar-refractivity contribution in [1.82, 2.24) is 5.32 Å². The van der Waals surface area contributed by atoms with Gasteiger partial charge in [-0.2, -0.15) is 5.26 Å². The van der Waals surface area contributed by atoms with E-state index in [1.54, 1.807) is 0 Å². The van der Waals surface area contributed by atoms with Crippen LogP contribution in [-0.2, 0) is 4.74 Å². The Morgan fingerprint density at radius 3 is 2.69 bits per heavy atom. The summed E-state index contributed by atoms with van der Waals surface area (Å²) in [4.78, 5) is 0. The van der Waals surface area contributed by atoms with E-state index < -0.39 is 0 Å². The number of ether oxygens (including phenoxy) is 1. The van der Waals surface area contributed by atoms with Crippen molar-refractivity contribution in [1.29, 1.82) is 5.26 Å². The van der Waals surface area contributed by atoms with Crippen LogP contribution in [0.3, 0.4) is 0 Å². The molecule has 1 rings (SSSR count). The normalized spacial score (nSPS) is 27.5. The first-order valence-electron chi connectivity index (χ1n) is 6.20. The summed E-state index contributed by atoms with van der Waals surface area (Å²) >= 11 is 0. The van der Waals surface area contributed by atoms with E-state index in [4.69, 9.17) is 10.00 Å². The van der Waals surface area contributed by atoms with Gasteiger partial charge in [-0.15, -0.1) is 0 Å². The number of rotatable bonds is 6. The Bertz CT molecular complexity index is 255. The van der Waals surface area contributed by atoms with E-state index in [9.17, 15) is 0 Å². The summed E-state index contributed by atoms with van der Waals surface area (Å²) in [6.07, 6.45) is 2.03. The second-order valence-electron chi connectivity index (χ2n) is 5.69.